The summed E-state index contributed by atoms with van der Waals surface area (Å²) in [7, 11) is 0. The average Bonchev–Trinajstić information content (AvgIpc) is 2.53. The third-order valence-corrected chi connectivity index (χ3v) is 2.66. The summed E-state index contributed by atoms with van der Waals surface area (Å²) in [4.78, 5) is 15.3. The second-order valence-corrected chi connectivity index (χ2v) is 3.41. The van der Waals surface area contributed by atoms with E-state index in [0.29, 0.717) is 23.4 Å². The predicted molar refractivity (Wildman–Crippen MR) is 53.0 cm³/mol. The Bertz CT molecular complexity index is 455. The van der Waals surface area contributed by atoms with Gasteiger partial charge in [-0.2, -0.15) is 0 Å². The van der Waals surface area contributed by atoms with Gasteiger partial charge in [-0.05, 0) is 20.8 Å². The highest BCUT2D eigenvalue weighted by Crippen LogP contribution is 2.33. The van der Waals surface area contributed by atoms with Crippen LogP contribution in [0.2, 0.25) is 0 Å². The van der Waals surface area contributed by atoms with E-state index in [0.717, 1.165) is 5.69 Å². The number of hydrogen-bond donors (Lipinski definition) is 1. The third kappa shape index (κ3) is 0.880. The zero-order valence-electron chi connectivity index (χ0n) is 8.46. The lowest BCUT2D eigenvalue weighted by Crippen LogP contribution is -2.00. The van der Waals surface area contributed by atoms with E-state index in [1.165, 1.54) is 0 Å². The highest BCUT2D eigenvalue weighted by Gasteiger charge is 2.30. The number of aromatic hydroxyl groups is 1. The summed E-state index contributed by atoms with van der Waals surface area (Å²) in [5.74, 6) is -0.0791. The van der Waals surface area contributed by atoms with Crippen molar-refractivity contribution in [3.05, 3.63) is 16.8 Å². The predicted octanol–water partition coefficient (Wildman–Crippen LogP) is 1.48. The van der Waals surface area contributed by atoms with Crippen LogP contribution in [0, 0.1) is 6.92 Å². The molecular formula is C10H12N2O2. The van der Waals surface area contributed by atoms with Crippen LogP contribution in [0.3, 0.4) is 0 Å². The first-order chi connectivity index (χ1) is 6.57. The van der Waals surface area contributed by atoms with Crippen molar-refractivity contribution in [2.24, 2.45) is 4.99 Å². The molecule has 0 atom stereocenters. The third-order valence-electron chi connectivity index (χ3n) is 2.66. The Morgan fingerprint density at radius 3 is 2.50 bits per heavy atom. The van der Waals surface area contributed by atoms with Crippen molar-refractivity contribution in [3.8, 4) is 5.88 Å². The van der Waals surface area contributed by atoms with Gasteiger partial charge in [0.15, 0.2) is 0 Å². The fraction of sp³-hybridized carbons (Fsp3) is 0.400. The van der Waals surface area contributed by atoms with Gasteiger partial charge in [-0.3, -0.25) is 4.79 Å². The lowest BCUT2D eigenvalue weighted by atomic mass is 10.1. The lowest BCUT2D eigenvalue weighted by molar-refractivity contribution is 0.101. The molecule has 1 N–H and O–H groups in total. The van der Waals surface area contributed by atoms with Gasteiger partial charge in [-0.25, -0.2) is 4.99 Å². The van der Waals surface area contributed by atoms with Crippen LogP contribution in [0.5, 0.6) is 5.88 Å². The highest BCUT2D eigenvalue weighted by atomic mass is 16.3. The van der Waals surface area contributed by atoms with Crippen LogP contribution in [0.25, 0.3) is 0 Å². The minimum atomic E-state index is -0.238. The summed E-state index contributed by atoms with van der Waals surface area (Å²) >= 11 is 0. The van der Waals surface area contributed by atoms with E-state index >= 15 is 0 Å². The van der Waals surface area contributed by atoms with Crippen LogP contribution in [-0.2, 0) is 6.54 Å². The van der Waals surface area contributed by atoms with Crippen molar-refractivity contribution in [1.29, 1.82) is 0 Å². The molecule has 4 heteroatoms. The molecule has 0 spiro atoms. The van der Waals surface area contributed by atoms with Gasteiger partial charge in [0, 0.05) is 12.2 Å². The van der Waals surface area contributed by atoms with Crippen molar-refractivity contribution < 1.29 is 9.90 Å². The maximum Gasteiger partial charge on any atom is 0.279 e. The molecule has 0 bridgehead atoms. The number of hydrogen-bond acceptors (Lipinski definition) is 2. The molecule has 1 aliphatic rings. The minimum absolute atomic E-state index is 0.159. The van der Waals surface area contributed by atoms with E-state index < -0.39 is 0 Å². The molecule has 0 aliphatic carbocycles. The zero-order chi connectivity index (χ0) is 10.5. The molecule has 1 aromatic rings. The topological polar surface area (TPSA) is 54.6 Å². The first-order valence-electron chi connectivity index (χ1n) is 4.60. The van der Waals surface area contributed by atoms with Crippen LogP contribution < -0.4 is 0 Å². The van der Waals surface area contributed by atoms with Crippen molar-refractivity contribution in [3.63, 3.8) is 0 Å². The quantitative estimate of drug-likeness (QED) is 0.732. The molecule has 14 heavy (non-hydrogen) atoms. The van der Waals surface area contributed by atoms with E-state index in [-0.39, 0.29) is 11.8 Å². The molecule has 1 aliphatic heterocycles. The Morgan fingerprint density at radius 1 is 1.36 bits per heavy atom. The second kappa shape index (κ2) is 2.70. The molecule has 1 aromatic heterocycles. The van der Waals surface area contributed by atoms with Gasteiger partial charge in [0.2, 0.25) is 5.88 Å². The molecule has 74 valence electrons. The summed E-state index contributed by atoms with van der Waals surface area (Å²) in [6, 6.07) is 0. The fourth-order valence-electron chi connectivity index (χ4n) is 1.98. The summed E-state index contributed by atoms with van der Waals surface area (Å²) in [5.41, 5.74) is 2.57. The van der Waals surface area contributed by atoms with Crippen LogP contribution in [-0.4, -0.2) is 21.3 Å². The van der Waals surface area contributed by atoms with E-state index in [4.69, 9.17) is 0 Å². The Kier molecular flexibility index (Phi) is 1.74. The first-order valence-corrected chi connectivity index (χ1v) is 4.60. The molecule has 2 rings (SSSR count). The van der Waals surface area contributed by atoms with Gasteiger partial charge in [-0.15, -0.1) is 0 Å². The van der Waals surface area contributed by atoms with Crippen LogP contribution in [0.15, 0.2) is 4.99 Å². The van der Waals surface area contributed by atoms with E-state index in [1.54, 1.807) is 11.5 Å². The molecule has 0 unspecified atom stereocenters. The fourth-order valence-corrected chi connectivity index (χ4v) is 1.98. The molecule has 2 heterocycles. The number of carbonyl (C=O) groups is 1. The van der Waals surface area contributed by atoms with Crippen molar-refractivity contribution in [2.75, 3.05) is 0 Å². The Labute approximate surface area is 81.9 Å². The van der Waals surface area contributed by atoms with Crippen LogP contribution in [0.4, 0.5) is 0 Å². The number of aromatic nitrogens is 1. The van der Waals surface area contributed by atoms with Crippen molar-refractivity contribution >= 4 is 11.6 Å². The molecule has 0 fully saturated rings. The lowest BCUT2D eigenvalue weighted by Gasteiger charge is -2.04. The first kappa shape index (κ1) is 8.99. The number of rotatable bonds is 1. The van der Waals surface area contributed by atoms with E-state index in [9.17, 15) is 9.90 Å². The SMILES string of the molecule is CCn1c(C)c2c(c1O)C(C)=NC2=O. The number of nitrogens with zero attached hydrogens (tertiary/aromatic N) is 2. The van der Waals surface area contributed by atoms with Gasteiger partial charge in [0.25, 0.3) is 5.91 Å². The minimum Gasteiger partial charge on any atom is -0.494 e. The van der Waals surface area contributed by atoms with Gasteiger partial charge in [-0.1, -0.05) is 0 Å². The smallest absolute Gasteiger partial charge is 0.279 e. The molecule has 0 saturated carbocycles. The molecular weight excluding hydrogens is 180 g/mol. The van der Waals surface area contributed by atoms with E-state index in [2.05, 4.69) is 4.99 Å². The Balaban J connectivity index is 2.78. The van der Waals surface area contributed by atoms with Crippen LogP contribution in [0.1, 0.15) is 35.5 Å². The normalized spacial score (nSPS) is 14.5. The number of carbonyl (C=O) groups excluding carboxylic acids is 1. The zero-order valence-corrected chi connectivity index (χ0v) is 8.46. The number of aliphatic imine (C=N–C) groups is 1. The Hall–Kier alpha value is -1.58. The number of amides is 1. The molecule has 0 aromatic carbocycles. The largest absolute Gasteiger partial charge is 0.494 e. The highest BCUT2D eigenvalue weighted by molar-refractivity contribution is 6.22. The average molecular weight is 192 g/mol. The Morgan fingerprint density at radius 2 is 2.00 bits per heavy atom. The van der Waals surface area contributed by atoms with Gasteiger partial charge >= 0.3 is 0 Å². The summed E-state index contributed by atoms with van der Waals surface area (Å²) in [6.07, 6.45) is 0. The van der Waals surface area contributed by atoms with Gasteiger partial charge in [0.05, 0.1) is 16.8 Å². The van der Waals surface area contributed by atoms with Gasteiger partial charge < -0.3 is 9.67 Å². The molecule has 1 amide bonds. The summed E-state index contributed by atoms with van der Waals surface area (Å²) < 4.78 is 1.72. The maximum atomic E-state index is 11.5. The van der Waals surface area contributed by atoms with Crippen molar-refractivity contribution in [2.45, 2.75) is 27.3 Å². The summed E-state index contributed by atoms with van der Waals surface area (Å²) in [6.45, 7) is 6.15. The molecule has 0 saturated heterocycles. The molecule has 4 nitrogen and oxygen atoms in total. The monoisotopic (exact) mass is 192 g/mol. The molecule has 0 radical (unpaired) electrons. The van der Waals surface area contributed by atoms with Gasteiger partial charge in [0.1, 0.15) is 0 Å². The maximum absolute atomic E-state index is 11.5. The number of fused-ring (bicyclic) bond motifs is 1. The van der Waals surface area contributed by atoms with Crippen molar-refractivity contribution in [1.82, 2.24) is 4.57 Å². The van der Waals surface area contributed by atoms with Crippen LogP contribution >= 0.6 is 0 Å². The standard InChI is InChI=1S/C10H12N2O2/c1-4-12-6(3)8-7(10(12)14)5(2)11-9(8)13/h14H,4H2,1-3H3. The second-order valence-electron chi connectivity index (χ2n) is 3.41. The summed E-state index contributed by atoms with van der Waals surface area (Å²) in [5, 5.41) is 9.85. The van der Waals surface area contributed by atoms with E-state index in [1.807, 2.05) is 13.8 Å².